The first kappa shape index (κ1) is 34.1. The third-order valence-corrected chi connectivity index (χ3v) is 7.38. The van der Waals surface area contributed by atoms with Gasteiger partial charge in [-0.05, 0) is 96.8 Å². The first-order valence-corrected chi connectivity index (χ1v) is 13.3. The van der Waals surface area contributed by atoms with Gasteiger partial charge in [0.25, 0.3) is 11.8 Å². The van der Waals surface area contributed by atoms with Gasteiger partial charge in [0.1, 0.15) is 17.2 Å². The third-order valence-electron chi connectivity index (χ3n) is 7.38. The molecule has 246 valence electrons. The molecule has 15 heteroatoms. The van der Waals surface area contributed by atoms with Crippen LogP contribution in [-0.4, -0.2) is 50.6 Å². The summed E-state index contributed by atoms with van der Waals surface area (Å²) in [5, 5.41) is 43.6. The van der Waals surface area contributed by atoms with Crippen LogP contribution in [0.25, 0.3) is 0 Å². The molecule has 6 N–H and O–H groups in total. The second kappa shape index (κ2) is 12.2. The van der Waals surface area contributed by atoms with Gasteiger partial charge in [-0.25, -0.2) is 4.79 Å². The molecule has 0 spiro atoms. The summed E-state index contributed by atoms with van der Waals surface area (Å²) in [5.41, 5.74) is -9.55. The number of phenolic OH excluding ortho intramolecular Hbond substituents is 3. The second-order valence-corrected chi connectivity index (χ2v) is 10.5. The largest absolute Gasteiger partial charge is 0.508 e. The Hall–Kier alpha value is -5.73. The SMILES string of the molecule is Cc1cc(C(=O)Nc2cc(C(c3ccc(O)c(NC(=O)c4ccc(C(=O)O)c(C)c4)c3)(C(F)(F)F)C(F)(F)F)ccc2O)ccc1O. The molecule has 4 aromatic carbocycles. The van der Waals surface area contributed by atoms with Crippen molar-refractivity contribution in [1.82, 2.24) is 0 Å². The Balaban J connectivity index is 1.83. The highest BCUT2D eigenvalue weighted by Gasteiger charge is 2.72. The van der Waals surface area contributed by atoms with Crippen LogP contribution < -0.4 is 10.6 Å². The smallest absolute Gasteiger partial charge is 0.411 e. The number of halogens is 6. The van der Waals surface area contributed by atoms with Crippen molar-refractivity contribution < 1.29 is 61.2 Å². The van der Waals surface area contributed by atoms with Crippen molar-refractivity contribution in [3.63, 3.8) is 0 Å². The van der Waals surface area contributed by atoms with Crippen molar-refractivity contribution in [1.29, 1.82) is 0 Å². The van der Waals surface area contributed by atoms with E-state index in [4.69, 9.17) is 0 Å². The molecule has 0 saturated heterocycles. The van der Waals surface area contributed by atoms with Crippen LogP contribution in [0, 0.1) is 13.8 Å². The maximum Gasteiger partial charge on any atom is 0.411 e. The molecule has 0 saturated carbocycles. The number of phenols is 3. The van der Waals surface area contributed by atoms with Gasteiger partial charge in [-0.15, -0.1) is 0 Å². The van der Waals surface area contributed by atoms with Gasteiger partial charge in [0.2, 0.25) is 5.41 Å². The molecule has 2 amide bonds. The van der Waals surface area contributed by atoms with E-state index >= 15 is 0 Å². The zero-order chi connectivity index (χ0) is 35.1. The Morgan fingerprint density at radius 3 is 1.36 bits per heavy atom. The Kier molecular flexibility index (Phi) is 8.88. The molecule has 0 aliphatic heterocycles. The van der Waals surface area contributed by atoms with Gasteiger partial charge >= 0.3 is 18.3 Å². The number of rotatable bonds is 7. The molecule has 47 heavy (non-hydrogen) atoms. The Labute approximate surface area is 261 Å². The number of alkyl halides is 6. The lowest BCUT2D eigenvalue weighted by Crippen LogP contribution is -2.54. The number of aryl methyl sites for hydroxylation is 2. The van der Waals surface area contributed by atoms with Crippen LogP contribution in [0.15, 0.2) is 72.8 Å². The van der Waals surface area contributed by atoms with Crippen LogP contribution in [0.1, 0.15) is 53.3 Å². The van der Waals surface area contributed by atoms with Crippen LogP contribution in [0.5, 0.6) is 17.2 Å². The van der Waals surface area contributed by atoms with Gasteiger partial charge < -0.3 is 31.1 Å². The van der Waals surface area contributed by atoms with Gasteiger partial charge in [0.15, 0.2) is 0 Å². The standard InChI is InChI=1S/C32H24F6N2O7/c1-15-11-17(3-7-21(15)29(46)47)27(44)39-22-13-19(5-9-25(22)42)30(31(33,34)35,32(36,37)38)20-6-10-26(43)23(14-20)40-28(45)18-4-8-24(41)16(2)12-18/h3-14,41-43H,1-2H3,(H,39,44)(H,40,45)(H,46,47). The number of benzene rings is 4. The van der Waals surface area contributed by atoms with Crippen LogP contribution in [0.4, 0.5) is 37.7 Å². The summed E-state index contributed by atoms with van der Waals surface area (Å²) in [6.07, 6.45) is -12.3. The fourth-order valence-corrected chi connectivity index (χ4v) is 4.95. The number of aromatic carboxylic acids is 1. The second-order valence-electron chi connectivity index (χ2n) is 10.5. The van der Waals surface area contributed by atoms with E-state index in [0.717, 1.165) is 30.3 Å². The van der Waals surface area contributed by atoms with Gasteiger partial charge in [0.05, 0.1) is 16.9 Å². The Bertz CT molecular complexity index is 1890. The number of anilines is 2. The number of carbonyl (C=O) groups excluding carboxylic acids is 2. The molecular formula is C32H24F6N2O7. The number of carboxylic acids is 1. The number of carbonyl (C=O) groups is 3. The van der Waals surface area contributed by atoms with E-state index < -0.39 is 69.6 Å². The lowest BCUT2D eigenvalue weighted by atomic mass is 9.72. The predicted octanol–water partition coefficient (Wildman–Crippen LogP) is 7.03. The Morgan fingerprint density at radius 1 is 0.574 bits per heavy atom. The summed E-state index contributed by atoms with van der Waals surface area (Å²) in [6, 6.07) is 9.13. The number of aromatic hydroxyl groups is 3. The van der Waals surface area contributed by atoms with Crippen molar-refractivity contribution in [3.05, 3.63) is 112 Å². The first-order valence-electron chi connectivity index (χ1n) is 13.3. The van der Waals surface area contributed by atoms with E-state index in [1.54, 1.807) is 0 Å². The quantitative estimate of drug-likeness (QED) is 0.0916. The summed E-state index contributed by atoms with van der Waals surface area (Å²) in [5.74, 6) is -5.33. The summed E-state index contributed by atoms with van der Waals surface area (Å²) in [6.45, 7) is 2.80. The maximum absolute atomic E-state index is 14.9. The number of amides is 2. The Morgan fingerprint density at radius 2 is 0.979 bits per heavy atom. The summed E-state index contributed by atoms with van der Waals surface area (Å²) < 4.78 is 89.4. The molecule has 0 aliphatic rings. The number of carboxylic acid groups (broad SMARTS) is 1. The molecule has 0 aliphatic carbocycles. The number of hydrogen-bond acceptors (Lipinski definition) is 6. The summed E-state index contributed by atoms with van der Waals surface area (Å²) >= 11 is 0. The van der Waals surface area contributed by atoms with Crippen molar-refractivity contribution in [3.8, 4) is 17.2 Å². The zero-order valence-electron chi connectivity index (χ0n) is 24.2. The fourth-order valence-electron chi connectivity index (χ4n) is 4.95. The lowest BCUT2D eigenvalue weighted by Gasteiger charge is -2.38. The van der Waals surface area contributed by atoms with Gasteiger partial charge in [-0.2, -0.15) is 26.3 Å². The first-order chi connectivity index (χ1) is 21.8. The van der Waals surface area contributed by atoms with Crippen molar-refractivity contribution in [2.45, 2.75) is 31.6 Å². The van der Waals surface area contributed by atoms with E-state index in [1.807, 2.05) is 0 Å². The molecule has 4 aromatic rings. The van der Waals surface area contributed by atoms with Crippen LogP contribution in [0.2, 0.25) is 0 Å². The topological polar surface area (TPSA) is 156 Å². The van der Waals surface area contributed by atoms with Crippen LogP contribution in [-0.2, 0) is 5.41 Å². The molecule has 9 nitrogen and oxygen atoms in total. The monoisotopic (exact) mass is 662 g/mol. The lowest BCUT2D eigenvalue weighted by molar-refractivity contribution is -0.288. The van der Waals surface area contributed by atoms with Crippen molar-refractivity contribution >= 4 is 29.2 Å². The van der Waals surface area contributed by atoms with Crippen molar-refractivity contribution in [2.24, 2.45) is 0 Å². The average Bonchev–Trinajstić information content (AvgIpc) is 2.96. The predicted molar refractivity (Wildman–Crippen MR) is 156 cm³/mol. The van der Waals surface area contributed by atoms with Crippen molar-refractivity contribution in [2.75, 3.05) is 10.6 Å². The minimum Gasteiger partial charge on any atom is -0.508 e. The van der Waals surface area contributed by atoms with E-state index in [1.165, 1.54) is 19.9 Å². The van der Waals surface area contributed by atoms with Crippen LogP contribution >= 0.6 is 0 Å². The maximum atomic E-state index is 14.9. The van der Waals surface area contributed by atoms with Gasteiger partial charge in [-0.1, -0.05) is 12.1 Å². The zero-order valence-corrected chi connectivity index (χ0v) is 24.2. The van der Waals surface area contributed by atoms with E-state index in [9.17, 15) is 61.2 Å². The van der Waals surface area contributed by atoms with E-state index in [-0.39, 0.29) is 39.6 Å². The van der Waals surface area contributed by atoms with Gasteiger partial charge in [0, 0.05) is 11.1 Å². The number of nitrogens with one attached hydrogen (secondary N) is 2. The molecular weight excluding hydrogens is 638 g/mol. The fraction of sp³-hybridized carbons (Fsp3) is 0.156. The van der Waals surface area contributed by atoms with E-state index in [0.29, 0.717) is 30.3 Å². The number of hydrogen-bond donors (Lipinski definition) is 6. The third kappa shape index (κ3) is 6.36. The highest BCUT2D eigenvalue weighted by molar-refractivity contribution is 6.06. The normalized spacial score (nSPS) is 12.0. The summed E-state index contributed by atoms with van der Waals surface area (Å²) in [4.78, 5) is 36.9. The highest BCUT2D eigenvalue weighted by Crippen LogP contribution is 2.57. The van der Waals surface area contributed by atoms with E-state index in [2.05, 4.69) is 10.6 Å². The molecule has 0 fully saturated rings. The average molecular weight is 663 g/mol. The highest BCUT2D eigenvalue weighted by atomic mass is 19.4. The van der Waals surface area contributed by atoms with Crippen LogP contribution in [0.3, 0.4) is 0 Å². The molecule has 0 heterocycles. The molecule has 0 unspecified atom stereocenters. The summed E-state index contributed by atoms with van der Waals surface area (Å²) in [7, 11) is 0. The molecule has 0 aromatic heterocycles. The molecule has 0 radical (unpaired) electrons. The minimum atomic E-state index is -6.13. The molecule has 4 rings (SSSR count). The minimum absolute atomic E-state index is 0.130. The molecule has 0 atom stereocenters. The van der Waals surface area contributed by atoms with Gasteiger partial charge in [-0.3, -0.25) is 9.59 Å². The molecule has 0 bridgehead atoms.